The van der Waals surface area contributed by atoms with Crippen molar-refractivity contribution in [3.8, 4) is 0 Å². The molecule has 6 heteroatoms. The summed E-state index contributed by atoms with van der Waals surface area (Å²) in [4.78, 5) is 24.9. The molecule has 0 amide bonds. The van der Waals surface area contributed by atoms with Crippen LogP contribution in [0.5, 0.6) is 0 Å². The molecule has 138 valence electrons. The van der Waals surface area contributed by atoms with E-state index in [2.05, 4.69) is 0 Å². The lowest BCUT2D eigenvalue weighted by Crippen LogP contribution is -2.58. The molecule has 0 saturated carbocycles. The quantitative estimate of drug-likeness (QED) is 0.466. The standard InChI is InChI=1S/C20H24N2O4/c1-13-9-16(10-14(2)17(13)21)11-20(22,18(23)25-3)19(24)26-12-15-7-5-4-6-8-15/h4-10H,11-12,21-22H2,1-3H3/t20-/m1/s1. The summed E-state index contributed by atoms with van der Waals surface area (Å²) in [6, 6.07) is 12.8. The van der Waals surface area contributed by atoms with Crippen LogP contribution in [0.3, 0.4) is 0 Å². The molecule has 0 aliphatic carbocycles. The first-order chi connectivity index (χ1) is 12.3. The summed E-state index contributed by atoms with van der Waals surface area (Å²) in [6.07, 6.45) is -0.0464. The minimum Gasteiger partial charge on any atom is -0.467 e. The molecule has 0 spiro atoms. The molecule has 0 aliphatic rings. The number of ether oxygens (including phenoxy) is 2. The Bertz CT molecular complexity index is 782. The van der Waals surface area contributed by atoms with Crippen LogP contribution in [0.1, 0.15) is 22.3 Å². The third-order valence-electron chi connectivity index (χ3n) is 4.26. The zero-order valence-corrected chi connectivity index (χ0v) is 15.2. The van der Waals surface area contributed by atoms with Crippen LogP contribution in [0, 0.1) is 13.8 Å². The highest BCUT2D eigenvalue weighted by Crippen LogP contribution is 2.23. The maximum Gasteiger partial charge on any atom is 0.338 e. The lowest BCUT2D eigenvalue weighted by molar-refractivity contribution is -0.163. The van der Waals surface area contributed by atoms with Crippen molar-refractivity contribution < 1.29 is 19.1 Å². The van der Waals surface area contributed by atoms with E-state index in [1.54, 1.807) is 12.1 Å². The summed E-state index contributed by atoms with van der Waals surface area (Å²) < 4.78 is 10.0. The summed E-state index contributed by atoms with van der Waals surface area (Å²) in [5, 5.41) is 0. The van der Waals surface area contributed by atoms with Gasteiger partial charge in [-0.2, -0.15) is 0 Å². The van der Waals surface area contributed by atoms with Crippen molar-refractivity contribution in [3.05, 3.63) is 64.7 Å². The van der Waals surface area contributed by atoms with Gasteiger partial charge in [-0.1, -0.05) is 42.5 Å². The van der Waals surface area contributed by atoms with Gasteiger partial charge in [0.1, 0.15) is 6.61 Å². The number of benzene rings is 2. The topological polar surface area (TPSA) is 105 Å². The fourth-order valence-electron chi connectivity index (χ4n) is 2.75. The van der Waals surface area contributed by atoms with E-state index in [0.29, 0.717) is 11.3 Å². The maximum absolute atomic E-state index is 12.6. The molecule has 0 unspecified atom stereocenters. The Balaban J connectivity index is 2.24. The molecule has 0 saturated heterocycles. The minimum absolute atomic E-state index is 0.0232. The maximum atomic E-state index is 12.6. The van der Waals surface area contributed by atoms with Crippen LogP contribution in [0.4, 0.5) is 5.69 Å². The summed E-state index contributed by atoms with van der Waals surface area (Å²) in [5.74, 6) is -1.68. The Hall–Kier alpha value is -2.86. The van der Waals surface area contributed by atoms with Gasteiger partial charge in [-0.25, -0.2) is 9.59 Å². The fraction of sp³-hybridized carbons (Fsp3) is 0.300. The Morgan fingerprint density at radius 3 is 2.12 bits per heavy atom. The van der Waals surface area contributed by atoms with Gasteiger partial charge in [0.15, 0.2) is 0 Å². The molecule has 6 nitrogen and oxygen atoms in total. The van der Waals surface area contributed by atoms with Gasteiger partial charge in [-0.05, 0) is 36.1 Å². The van der Waals surface area contributed by atoms with Crippen molar-refractivity contribution >= 4 is 17.6 Å². The average molecular weight is 356 g/mol. The molecule has 0 aromatic heterocycles. The van der Waals surface area contributed by atoms with Gasteiger partial charge in [0.25, 0.3) is 0 Å². The zero-order valence-electron chi connectivity index (χ0n) is 15.2. The molecule has 2 rings (SSSR count). The lowest BCUT2D eigenvalue weighted by atomic mass is 9.90. The zero-order chi connectivity index (χ0) is 19.3. The third-order valence-corrected chi connectivity index (χ3v) is 4.26. The van der Waals surface area contributed by atoms with E-state index in [4.69, 9.17) is 20.9 Å². The van der Waals surface area contributed by atoms with E-state index < -0.39 is 17.5 Å². The van der Waals surface area contributed by atoms with Crippen molar-refractivity contribution in [1.29, 1.82) is 0 Å². The first kappa shape index (κ1) is 19.5. The van der Waals surface area contributed by atoms with Crippen LogP contribution >= 0.6 is 0 Å². The SMILES string of the molecule is COC(=O)[C@](N)(Cc1cc(C)c(N)c(C)c1)C(=O)OCc1ccccc1. The first-order valence-electron chi connectivity index (χ1n) is 8.22. The number of esters is 2. The Kier molecular flexibility index (Phi) is 6.00. The number of methoxy groups -OCH3 is 1. The number of carbonyl (C=O) groups is 2. The van der Waals surface area contributed by atoms with E-state index in [0.717, 1.165) is 16.7 Å². The number of hydrogen-bond acceptors (Lipinski definition) is 6. The van der Waals surface area contributed by atoms with E-state index in [-0.39, 0.29) is 13.0 Å². The number of nitrogen functional groups attached to an aromatic ring is 1. The highest BCUT2D eigenvalue weighted by molar-refractivity contribution is 6.05. The predicted octanol–water partition coefficient (Wildman–Crippen LogP) is 2.04. The van der Waals surface area contributed by atoms with Crippen molar-refractivity contribution in [2.75, 3.05) is 12.8 Å². The Morgan fingerprint density at radius 2 is 1.58 bits per heavy atom. The first-order valence-corrected chi connectivity index (χ1v) is 8.22. The highest BCUT2D eigenvalue weighted by Gasteiger charge is 2.45. The molecule has 2 aromatic carbocycles. The Morgan fingerprint density at radius 1 is 1.00 bits per heavy atom. The molecule has 26 heavy (non-hydrogen) atoms. The molecule has 0 bridgehead atoms. The second-order valence-electron chi connectivity index (χ2n) is 6.34. The van der Waals surface area contributed by atoms with Crippen LogP contribution in [0.15, 0.2) is 42.5 Å². The van der Waals surface area contributed by atoms with E-state index in [9.17, 15) is 9.59 Å². The molecular weight excluding hydrogens is 332 g/mol. The van der Waals surface area contributed by atoms with Gasteiger partial charge in [0, 0.05) is 12.1 Å². The van der Waals surface area contributed by atoms with Crippen molar-refractivity contribution in [1.82, 2.24) is 0 Å². The molecule has 0 aliphatic heterocycles. The minimum atomic E-state index is -1.93. The van der Waals surface area contributed by atoms with Crippen LogP contribution in [0.2, 0.25) is 0 Å². The second-order valence-corrected chi connectivity index (χ2v) is 6.34. The fourth-order valence-corrected chi connectivity index (χ4v) is 2.75. The predicted molar refractivity (Wildman–Crippen MR) is 99.2 cm³/mol. The van der Waals surface area contributed by atoms with Crippen molar-refractivity contribution in [2.45, 2.75) is 32.4 Å². The number of aryl methyl sites for hydroxylation is 2. The highest BCUT2D eigenvalue weighted by atomic mass is 16.6. The number of rotatable bonds is 6. The van der Waals surface area contributed by atoms with Crippen LogP contribution in [0.25, 0.3) is 0 Å². The molecule has 0 fully saturated rings. The Labute approximate surface area is 153 Å². The normalized spacial score (nSPS) is 12.9. The van der Waals surface area contributed by atoms with E-state index >= 15 is 0 Å². The van der Waals surface area contributed by atoms with Gasteiger partial charge in [-0.15, -0.1) is 0 Å². The largest absolute Gasteiger partial charge is 0.467 e. The van der Waals surface area contributed by atoms with Gasteiger partial charge in [0.2, 0.25) is 5.54 Å². The molecule has 4 N–H and O–H groups in total. The second kappa shape index (κ2) is 8.01. The van der Waals surface area contributed by atoms with Crippen LogP contribution < -0.4 is 11.5 Å². The van der Waals surface area contributed by atoms with Crippen LogP contribution in [-0.2, 0) is 32.1 Å². The number of hydrogen-bond donors (Lipinski definition) is 2. The molecule has 0 heterocycles. The molecule has 0 radical (unpaired) electrons. The monoisotopic (exact) mass is 356 g/mol. The summed E-state index contributed by atoms with van der Waals surface area (Å²) in [7, 11) is 1.19. The van der Waals surface area contributed by atoms with Gasteiger partial charge in [-0.3, -0.25) is 0 Å². The van der Waals surface area contributed by atoms with E-state index in [1.165, 1.54) is 7.11 Å². The summed E-state index contributed by atoms with van der Waals surface area (Å²) >= 11 is 0. The summed E-state index contributed by atoms with van der Waals surface area (Å²) in [5.41, 5.74) is 14.1. The molecule has 1 atom stereocenters. The number of nitrogens with two attached hydrogens (primary N) is 2. The average Bonchev–Trinajstić information content (AvgIpc) is 2.64. The van der Waals surface area contributed by atoms with Crippen molar-refractivity contribution in [2.24, 2.45) is 5.73 Å². The van der Waals surface area contributed by atoms with E-state index in [1.807, 2.05) is 44.2 Å². The van der Waals surface area contributed by atoms with Crippen molar-refractivity contribution in [3.63, 3.8) is 0 Å². The summed E-state index contributed by atoms with van der Waals surface area (Å²) in [6.45, 7) is 3.74. The van der Waals surface area contributed by atoms with Gasteiger partial charge >= 0.3 is 11.9 Å². The van der Waals surface area contributed by atoms with Gasteiger partial charge < -0.3 is 20.9 Å². The third kappa shape index (κ3) is 4.21. The van der Waals surface area contributed by atoms with Crippen LogP contribution in [-0.4, -0.2) is 24.6 Å². The molecule has 2 aromatic rings. The number of anilines is 1. The lowest BCUT2D eigenvalue weighted by Gasteiger charge is -2.25. The smallest absolute Gasteiger partial charge is 0.338 e. The molecular formula is C20H24N2O4. The van der Waals surface area contributed by atoms with Gasteiger partial charge in [0.05, 0.1) is 7.11 Å². The number of carbonyl (C=O) groups excluding carboxylic acids is 2.